The first-order valence-corrected chi connectivity index (χ1v) is 6.98. The number of ether oxygens (including phenoxy) is 1. The van der Waals surface area contributed by atoms with Crippen LogP contribution in [-0.4, -0.2) is 13.2 Å². The van der Waals surface area contributed by atoms with E-state index in [1.54, 1.807) is 0 Å². The largest absolute Gasteiger partial charge is 0.494 e. The minimum atomic E-state index is 0.561. The van der Waals surface area contributed by atoms with Gasteiger partial charge in [0.25, 0.3) is 0 Å². The average Bonchev–Trinajstić information content (AvgIpc) is 2.49. The monoisotopic (exact) mass is 275 g/mol. The summed E-state index contributed by atoms with van der Waals surface area (Å²) < 4.78 is 5.62. The first-order valence-electron chi connectivity index (χ1n) is 6.45. The Kier molecular flexibility index (Phi) is 5.57. The van der Waals surface area contributed by atoms with E-state index in [-0.39, 0.29) is 0 Å². The van der Waals surface area contributed by atoms with Crippen LogP contribution in [0.5, 0.6) is 5.75 Å². The van der Waals surface area contributed by atoms with Crippen LogP contribution in [-0.2, 0) is 5.88 Å². The number of nitrogens with one attached hydrogen (secondary N) is 1. The van der Waals surface area contributed by atoms with Crippen LogP contribution in [0, 0.1) is 0 Å². The van der Waals surface area contributed by atoms with Crippen LogP contribution in [0.4, 0.5) is 5.69 Å². The normalized spacial score (nSPS) is 10.2. The van der Waals surface area contributed by atoms with Crippen LogP contribution in [0.1, 0.15) is 12.0 Å². The Morgan fingerprint density at radius 2 is 1.68 bits per heavy atom. The summed E-state index contributed by atoms with van der Waals surface area (Å²) in [6, 6.07) is 18.1. The average molecular weight is 276 g/mol. The van der Waals surface area contributed by atoms with E-state index in [0.29, 0.717) is 5.88 Å². The summed E-state index contributed by atoms with van der Waals surface area (Å²) in [7, 11) is 0. The molecule has 0 heterocycles. The number of alkyl halides is 1. The summed E-state index contributed by atoms with van der Waals surface area (Å²) in [6.45, 7) is 1.61. The summed E-state index contributed by atoms with van der Waals surface area (Å²) >= 11 is 5.75. The number of rotatable bonds is 7. The second kappa shape index (κ2) is 7.70. The molecule has 0 aromatic heterocycles. The first-order chi connectivity index (χ1) is 9.38. The zero-order valence-corrected chi connectivity index (χ0v) is 11.6. The second-order valence-electron chi connectivity index (χ2n) is 4.27. The van der Waals surface area contributed by atoms with Gasteiger partial charge in [0.15, 0.2) is 0 Å². The fourth-order valence-electron chi connectivity index (χ4n) is 1.72. The molecule has 0 atom stereocenters. The highest BCUT2D eigenvalue weighted by Crippen LogP contribution is 2.11. The molecule has 0 fully saturated rings. The van der Waals surface area contributed by atoms with Gasteiger partial charge in [-0.1, -0.05) is 30.3 Å². The fraction of sp³-hybridized carbons (Fsp3) is 0.250. The van der Waals surface area contributed by atoms with E-state index in [1.807, 2.05) is 42.5 Å². The van der Waals surface area contributed by atoms with Crippen molar-refractivity contribution >= 4 is 17.3 Å². The molecular weight excluding hydrogens is 258 g/mol. The Labute approximate surface area is 119 Å². The van der Waals surface area contributed by atoms with Crippen LogP contribution in [0.25, 0.3) is 0 Å². The summed E-state index contributed by atoms with van der Waals surface area (Å²) in [4.78, 5) is 0. The first kappa shape index (κ1) is 13.8. The summed E-state index contributed by atoms with van der Waals surface area (Å²) in [6.07, 6.45) is 0.964. The van der Waals surface area contributed by atoms with Crippen molar-refractivity contribution in [2.75, 3.05) is 18.5 Å². The molecule has 2 rings (SSSR count). The van der Waals surface area contributed by atoms with Gasteiger partial charge in [0, 0.05) is 18.1 Å². The summed E-state index contributed by atoms with van der Waals surface area (Å²) in [5.74, 6) is 1.49. The molecule has 0 amide bonds. The Morgan fingerprint density at radius 1 is 0.947 bits per heavy atom. The van der Waals surface area contributed by atoms with Gasteiger partial charge in [-0.2, -0.15) is 0 Å². The molecule has 0 aliphatic carbocycles. The van der Waals surface area contributed by atoms with Gasteiger partial charge in [-0.3, -0.25) is 0 Å². The van der Waals surface area contributed by atoms with Crippen molar-refractivity contribution in [3.05, 3.63) is 60.2 Å². The molecule has 0 aliphatic heterocycles. The topological polar surface area (TPSA) is 21.3 Å². The van der Waals surface area contributed by atoms with Crippen molar-refractivity contribution in [2.24, 2.45) is 0 Å². The minimum absolute atomic E-state index is 0.561. The lowest BCUT2D eigenvalue weighted by atomic mass is 10.2. The Morgan fingerprint density at radius 3 is 2.37 bits per heavy atom. The summed E-state index contributed by atoms with van der Waals surface area (Å²) in [5.41, 5.74) is 2.26. The van der Waals surface area contributed by atoms with Gasteiger partial charge in [0.1, 0.15) is 5.75 Å². The minimum Gasteiger partial charge on any atom is -0.494 e. The van der Waals surface area contributed by atoms with Gasteiger partial charge in [-0.15, -0.1) is 11.6 Å². The maximum atomic E-state index is 5.75. The van der Waals surface area contributed by atoms with Crippen molar-refractivity contribution < 1.29 is 4.74 Å². The van der Waals surface area contributed by atoms with Crippen molar-refractivity contribution in [1.29, 1.82) is 0 Å². The van der Waals surface area contributed by atoms with E-state index >= 15 is 0 Å². The fourth-order valence-corrected chi connectivity index (χ4v) is 1.90. The molecule has 0 radical (unpaired) electrons. The SMILES string of the molecule is ClCc1ccc(NCCCOc2ccccc2)cc1. The predicted octanol–water partition coefficient (Wildman–Crippen LogP) is 4.31. The van der Waals surface area contributed by atoms with Crippen LogP contribution < -0.4 is 10.1 Å². The molecule has 1 N–H and O–H groups in total. The number of anilines is 1. The van der Waals surface area contributed by atoms with Crippen molar-refractivity contribution in [3.63, 3.8) is 0 Å². The molecule has 2 aromatic rings. The lowest BCUT2D eigenvalue weighted by Gasteiger charge is -2.08. The molecule has 0 aliphatic rings. The van der Waals surface area contributed by atoms with Gasteiger partial charge < -0.3 is 10.1 Å². The molecular formula is C16H18ClNO. The van der Waals surface area contributed by atoms with Gasteiger partial charge in [-0.25, -0.2) is 0 Å². The summed E-state index contributed by atoms with van der Waals surface area (Å²) in [5, 5.41) is 3.36. The number of hydrogen-bond acceptors (Lipinski definition) is 2. The van der Waals surface area contributed by atoms with E-state index < -0.39 is 0 Å². The number of halogens is 1. The number of para-hydroxylation sites is 1. The Hall–Kier alpha value is -1.67. The zero-order chi connectivity index (χ0) is 13.3. The quantitative estimate of drug-likeness (QED) is 0.601. The van der Waals surface area contributed by atoms with Gasteiger partial charge in [-0.05, 0) is 36.2 Å². The molecule has 0 bridgehead atoms. The lowest BCUT2D eigenvalue weighted by molar-refractivity contribution is 0.315. The van der Waals surface area contributed by atoms with E-state index in [4.69, 9.17) is 16.3 Å². The van der Waals surface area contributed by atoms with Crippen molar-refractivity contribution in [1.82, 2.24) is 0 Å². The standard InChI is InChI=1S/C16H18ClNO/c17-13-14-7-9-15(10-8-14)18-11-4-12-19-16-5-2-1-3-6-16/h1-3,5-10,18H,4,11-13H2. The molecule has 19 heavy (non-hydrogen) atoms. The third kappa shape index (κ3) is 4.84. The zero-order valence-electron chi connectivity index (χ0n) is 10.8. The predicted molar refractivity (Wildman–Crippen MR) is 81.0 cm³/mol. The highest BCUT2D eigenvalue weighted by atomic mass is 35.5. The van der Waals surface area contributed by atoms with Gasteiger partial charge >= 0.3 is 0 Å². The molecule has 0 unspecified atom stereocenters. The van der Waals surface area contributed by atoms with E-state index in [9.17, 15) is 0 Å². The van der Waals surface area contributed by atoms with Gasteiger partial charge in [0.05, 0.1) is 6.61 Å². The molecule has 2 aromatic carbocycles. The molecule has 0 spiro atoms. The smallest absolute Gasteiger partial charge is 0.119 e. The Bertz CT molecular complexity index is 470. The lowest BCUT2D eigenvalue weighted by Crippen LogP contribution is -2.07. The van der Waals surface area contributed by atoms with Crippen LogP contribution in [0.15, 0.2) is 54.6 Å². The molecule has 3 heteroatoms. The molecule has 2 nitrogen and oxygen atoms in total. The van der Waals surface area contributed by atoms with E-state index in [0.717, 1.165) is 36.6 Å². The van der Waals surface area contributed by atoms with E-state index in [1.165, 1.54) is 0 Å². The Balaban J connectivity index is 1.63. The highest BCUT2D eigenvalue weighted by Gasteiger charge is 1.94. The maximum Gasteiger partial charge on any atom is 0.119 e. The molecule has 100 valence electrons. The number of hydrogen-bond donors (Lipinski definition) is 1. The third-order valence-electron chi connectivity index (χ3n) is 2.77. The van der Waals surface area contributed by atoms with Crippen LogP contribution in [0.2, 0.25) is 0 Å². The highest BCUT2D eigenvalue weighted by molar-refractivity contribution is 6.17. The maximum absolute atomic E-state index is 5.75. The molecule has 0 saturated carbocycles. The third-order valence-corrected chi connectivity index (χ3v) is 3.08. The van der Waals surface area contributed by atoms with Crippen LogP contribution in [0.3, 0.4) is 0 Å². The van der Waals surface area contributed by atoms with Crippen molar-refractivity contribution in [3.8, 4) is 5.75 Å². The van der Waals surface area contributed by atoms with Gasteiger partial charge in [0.2, 0.25) is 0 Å². The second-order valence-corrected chi connectivity index (χ2v) is 4.54. The van der Waals surface area contributed by atoms with E-state index in [2.05, 4.69) is 17.4 Å². The number of benzene rings is 2. The van der Waals surface area contributed by atoms with Crippen LogP contribution >= 0.6 is 11.6 Å². The molecule has 0 saturated heterocycles. The van der Waals surface area contributed by atoms with Crippen molar-refractivity contribution in [2.45, 2.75) is 12.3 Å².